The van der Waals surface area contributed by atoms with Crippen LogP contribution in [0, 0.1) is 0 Å². The number of carbonyl (C=O) groups is 1. The highest BCUT2D eigenvalue weighted by molar-refractivity contribution is 5.79. The number of rotatable bonds is 10. The van der Waals surface area contributed by atoms with Crippen molar-refractivity contribution in [1.82, 2.24) is 20.5 Å². The fourth-order valence-electron chi connectivity index (χ4n) is 3.20. The van der Waals surface area contributed by atoms with E-state index in [1.807, 2.05) is 18.2 Å². The zero-order chi connectivity index (χ0) is 19.1. The number of nitrogens with one attached hydrogen (secondary N) is 2. The van der Waals surface area contributed by atoms with Crippen LogP contribution in [-0.4, -0.2) is 34.3 Å². The molecule has 0 saturated heterocycles. The van der Waals surface area contributed by atoms with Crippen LogP contribution in [0.2, 0.25) is 0 Å². The molecule has 0 bridgehead atoms. The lowest BCUT2D eigenvalue weighted by Crippen LogP contribution is -2.52. The van der Waals surface area contributed by atoms with E-state index >= 15 is 0 Å². The number of ether oxygens (including phenoxy) is 2. The molecule has 7 nitrogen and oxygen atoms in total. The van der Waals surface area contributed by atoms with Crippen LogP contribution < -0.4 is 14.8 Å². The van der Waals surface area contributed by atoms with Crippen LogP contribution in [0.1, 0.15) is 57.3 Å². The van der Waals surface area contributed by atoms with Gasteiger partial charge in [0.1, 0.15) is 12.2 Å². The van der Waals surface area contributed by atoms with Gasteiger partial charge >= 0.3 is 0 Å². The lowest BCUT2D eigenvalue weighted by atomic mass is 9.76. The van der Waals surface area contributed by atoms with Gasteiger partial charge in [-0.2, -0.15) is 5.10 Å². The third-order valence-electron chi connectivity index (χ3n) is 4.75. The molecule has 1 aliphatic carbocycles. The lowest BCUT2D eigenvalue weighted by molar-refractivity contribution is -0.123. The number of nitrogens with zero attached hydrogens (tertiary/aromatic N) is 2. The van der Waals surface area contributed by atoms with Gasteiger partial charge in [-0.1, -0.05) is 19.9 Å². The fourth-order valence-corrected chi connectivity index (χ4v) is 3.20. The number of amides is 1. The van der Waals surface area contributed by atoms with Crippen LogP contribution in [0.15, 0.2) is 24.5 Å². The molecular formula is C20H28N4O3. The molecule has 3 rings (SSSR count). The minimum atomic E-state index is -0.403. The molecule has 1 saturated carbocycles. The topological polar surface area (TPSA) is 89.1 Å². The first kappa shape index (κ1) is 19.2. The number of hydrogen-bond donors (Lipinski definition) is 2. The minimum Gasteiger partial charge on any atom is -0.490 e. The number of carbonyl (C=O) groups excluding carboxylic acids is 1. The Bertz CT molecular complexity index is 742. The van der Waals surface area contributed by atoms with Gasteiger partial charge in [-0.15, -0.1) is 0 Å². The summed E-state index contributed by atoms with van der Waals surface area (Å²) in [5, 5.41) is 9.96. The van der Waals surface area contributed by atoms with E-state index in [2.05, 4.69) is 34.3 Å². The van der Waals surface area contributed by atoms with E-state index in [-0.39, 0.29) is 12.3 Å². The van der Waals surface area contributed by atoms with Crippen molar-refractivity contribution in [3.63, 3.8) is 0 Å². The molecule has 7 heteroatoms. The average molecular weight is 372 g/mol. The molecule has 1 aromatic heterocycles. The highest BCUT2D eigenvalue weighted by Gasteiger charge is 2.42. The average Bonchev–Trinajstić information content (AvgIpc) is 3.17. The highest BCUT2D eigenvalue weighted by atomic mass is 16.5. The van der Waals surface area contributed by atoms with E-state index in [0.29, 0.717) is 19.0 Å². The summed E-state index contributed by atoms with van der Waals surface area (Å²) in [4.78, 5) is 16.9. The van der Waals surface area contributed by atoms with Crippen LogP contribution >= 0.6 is 0 Å². The number of aromatic nitrogens is 3. The standard InChI is InChI=1S/C20H28N4O3/c1-3-10-26-16-7-6-15(12-17(16)27-11-4-2)13-18(25)23-20(8-5-9-20)19-21-14-22-24-19/h6-7,12,14H,3-5,8-11,13H2,1-2H3,(H,23,25)(H,21,22,24). The molecule has 1 aliphatic rings. The van der Waals surface area contributed by atoms with Crippen molar-refractivity contribution in [2.45, 2.75) is 57.9 Å². The van der Waals surface area contributed by atoms with Crippen molar-refractivity contribution in [3.8, 4) is 11.5 Å². The van der Waals surface area contributed by atoms with Gasteiger partial charge in [-0.25, -0.2) is 4.98 Å². The van der Waals surface area contributed by atoms with Crippen LogP contribution in [0.3, 0.4) is 0 Å². The second-order valence-corrected chi connectivity index (χ2v) is 6.97. The number of aromatic amines is 1. The Morgan fingerprint density at radius 2 is 1.93 bits per heavy atom. The van der Waals surface area contributed by atoms with Crippen molar-refractivity contribution in [1.29, 1.82) is 0 Å². The normalized spacial score (nSPS) is 15.0. The van der Waals surface area contributed by atoms with Gasteiger partial charge in [-0.3, -0.25) is 9.89 Å². The van der Waals surface area contributed by atoms with Crippen LogP contribution in [0.4, 0.5) is 0 Å². The van der Waals surface area contributed by atoms with Crippen LogP contribution in [-0.2, 0) is 16.8 Å². The quantitative estimate of drug-likeness (QED) is 0.669. The van der Waals surface area contributed by atoms with Crippen molar-refractivity contribution in [2.24, 2.45) is 0 Å². The zero-order valence-electron chi connectivity index (χ0n) is 16.1. The van der Waals surface area contributed by atoms with Gasteiger partial charge in [-0.05, 0) is 49.8 Å². The van der Waals surface area contributed by atoms with E-state index in [1.165, 1.54) is 6.33 Å². The van der Waals surface area contributed by atoms with Crippen LogP contribution in [0.5, 0.6) is 11.5 Å². The monoisotopic (exact) mass is 372 g/mol. The summed E-state index contributed by atoms with van der Waals surface area (Å²) in [6.45, 7) is 5.39. The second-order valence-electron chi connectivity index (χ2n) is 6.97. The molecular weight excluding hydrogens is 344 g/mol. The first-order chi connectivity index (χ1) is 13.2. The van der Waals surface area contributed by atoms with Crippen LogP contribution in [0.25, 0.3) is 0 Å². The summed E-state index contributed by atoms with van der Waals surface area (Å²) >= 11 is 0. The maximum Gasteiger partial charge on any atom is 0.225 e. The Hall–Kier alpha value is -2.57. The SMILES string of the molecule is CCCOc1ccc(CC(=O)NC2(c3ncn[nH]3)CCC2)cc1OCCC. The summed E-state index contributed by atoms with van der Waals surface area (Å²) in [7, 11) is 0. The van der Waals surface area contributed by atoms with Gasteiger partial charge in [0.15, 0.2) is 11.5 Å². The maximum atomic E-state index is 12.7. The summed E-state index contributed by atoms with van der Waals surface area (Å²) < 4.78 is 11.6. The highest BCUT2D eigenvalue weighted by Crippen LogP contribution is 2.39. The molecule has 27 heavy (non-hydrogen) atoms. The predicted molar refractivity (Wildman–Crippen MR) is 102 cm³/mol. The molecule has 0 spiro atoms. The molecule has 1 fully saturated rings. The first-order valence-electron chi connectivity index (χ1n) is 9.72. The Morgan fingerprint density at radius 1 is 1.19 bits per heavy atom. The molecule has 0 aliphatic heterocycles. The van der Waals surface area contributed by atoms with Gasteiger partial charge in [0.2, 0.25) is 5.91 Å². The molecule has 0 radical (unpaired) electrons. The molecule has 0 atom stereocenters. The zero-order valence-corrected chi connectivity index (χ0v) is 16.1. The number of hydrogen-bond acceptors (Lipinski definition) is 5. The molecule has 2 N–H and O–H groups in total. The Kier molecular flexibility index (Phi) is 6.32. The first-order valence-corrected chi connectivity index (χ1v) is 9.72. The third-order valence-corrected chi connectivity index (χ3v) is 4.75. The van der Waals surface area contributed by atoms with E-state index in [4.69, 9.17) is 9.47 Å². The van der Waals surface area contributed by atoms with Gasteiger partial charge in [0.05, 0.1) is 25.2 Å². The van der Waals surface area contributed by atoms with Gasteiger partial charge < -0.3 is 14.8 Å². The summed E-state index contributed by atoms with van der Waals surface area (Å²) in [5.41, 5.74) is 0.494. The lowest BCUT2D eigenvalue weighted by Gasteiger charge is -2.40. The number of H-pyrrole nitrogens is 1. The van der Waals surface area contributed by atoms with Crippen molar-refractivity contribution < 1.29 is 14.3 Å². The molecule has 2 aromatic rings. The summed E-state index contributed by atoms with van der Waals surface area (Å²) in [5.74, 6) is 2.13. The Labute approximate surface area is 159 Å². The fraction of sp³-hybridized carbons (Fsp3) is 0.550. The van der Waals surface area contributed by atoms with Gasteiger partial charge in [0, 0.05) is 0 Å². The van der Waals surface area contributed by atoms with E-state index < -0.39 is 5.54 Å². The molecule has 146 valence electrons. The molecule has 0 unspecified atom stereocenters. The third kappa shape index (κ3) is 4.59. The van der Waals surface area contributed by atoms with E-state index in [9.17, 15) is 4.79 Å². The van der Waals surface area contributed by atoms with Crippen molar-refractivity contribution in [3.05, 3.63) is 35.9 Å². The molecule has 1 amide bonds. The Balaban J connectivity index is 1.68. The van der Waals surface area contributed by atoms with Crippen molar-refractivity contribution >= 4 is 5.91 Å². The largest absolute Gasteiger partial charge is 0.490 e. The molecule has 1 aromatic carbocycles. The maximum absolute atomic E-state index is 12.7. The second kappa shape index (κ2) is 8.88. The van der Waals surface area contributed by atoms with Gasteiger partial charge in [0.25, 0.3) is 0 Å². The summed E-state index contributed by atoms with van der Waals surface area (Å²) in [6.07, 6.45) is 6.43. The van der Waals surface area contributed by atoms with E-state index in [0.717, 1.165) is 49.2 Å². The number of benzene rings is 1. The van der Waals surface area contributed by atoms with E-state index in [1.54, 1.807) is 0 Å². The molecule has 1 heterocycles. The van der Waals surface area contributed by atoms with Crippen molar-refractivity contribution in [2.75, 3.05) is 13.2 Å². The Morgan fingerprint density at radius 3 is 2.52 bits per heavy atom. The predicted octanol–water partition coefficient (Wildman–Crippen LogP) is 3.12. The minimum absolute atomic E-state index is 0.0326. The summed E-state index contributed by atoms with van der Waals surface area (Å²) in [6, 6.07) is 5.71. The smallest absolute Gasteiger partial charge is 0.225 e.